The number of hydrogen-bond donors (Lipinski definition) is 1. The molecule has 17 heavy (non-hydrogen) atoms. The fraction of sp³-hybridized carbons (Fsp3) is 0.417. The number of nitrogens with two attached hydrogens (primary N) is 1. The molecule has 1 amide bonds. The van der Waals surface area contributed by atoms with E-state index in [0.29, 0.717) is 5.92 Å². The molecule has 0 aliphatic carbocycles. The Labute approximate surface area is 116 Å². The summed E-state index contributed by atoms with van der Waals surface area (Å²) in [5.74, 6) is 0.438. The van der Waals surface area contributed by atoms with Gasteiger partial charge >= 0.3 is 0 Å². The van der Waals surface area contributed by atoms with E-state index >= 15 is 0 Å². The molecular weight excluding hydrogens is 304 g/mol. The maximum Gasteiger partial charge on any atom is 0.248 e. The molecule has 0 radical (unpaired) electrons. The standard InChI is InChI=1S/C12H15BrN2O.ClH/c1-7(2)6-15-10-4-3-8(13)5-9(10)11(14)12(15)16;/h3-5,7,11H,6,14H2,1-2H3;1H. The Morgan fingerprint density at radius 2 is 2.12 bits per heavy atom. The third-order valence-electron chi connectivity index (χ3n) is 2.70. The number of rotatable bonds is 2. The van der Waals surface area contributed by atoms with Gasteiger partial charge in [0.05, 0.1) is 0 Å². The van der Waals surface area contributed by atoms with E-state index in [9.17, 15) is 4.79 Å². The van der Waals surface area contributed by atoms with Crippen LogP contribution in [0.2, 0.25) is 0 Å². The van der Waals surface area contributed by atoms with Crippen molar-refractivity contribution in [1.82, 2.24) is 0 Å². The second-order valence-corrected chi connectivity index (χ2v) is 5.44. The molecule has 0 fully saturated rings. The monoisotopic (exact) mass is 318 g/mol. The lowest BCUT2D eigenvalue weighted by molar-refractivity contribution is -0.119. The summed E-state index contributed by atoms with van der Waals surface area (Å²) in [6.07, 6.45) is 0. The van der Waals surface area contributed by atoms with Gasteiger partial charge in [-0.25, -0.2) is 0 Å². The Morgan fingerprint density at radius 3 is 2.71 bits per heavy atom. The van der Waals surface area contributed by atoms with Crippen LogP contribution in [0, 0.1) is 5.92 Å². The average Bonchev–Trinajstić information content (AvgIpc) is 2.43. The van der Waals surface area contributed by atoms with Crippen LogP contribution in [0.25, 0.3) is 0 Å². The number of anilines is 1. The summed E-state index contributed by atoms with van der Waals surface area (Å²) in [6, 6.07) is 5.31. The Kier molecular flexibility index (Phi) is 4.58. The fourth-order valence-corrected chi connectivity index (χ4v) is 2.37. The van der Waals surface area contributed by atoms with Crippen molar-refractivity contribution in [3.05, 3.63) is 28.2 Å². The Morgan fingerprint density at radius 1 is 1.47 bits per heavy atom. The first-order chi connectivity index (χ1) is 7.50. The molecule has 0 spiro atoms. The maximum atomic E-state index is 12.0. The molecular formula is C12H16BrClN2O. The van der Waals surface area contributed by atoms with Gasteiger partial charge < -0.3 is 10.6 Å². The highest BCUT2D eigenvalue weighted by Gasteiger charge is 2.34. The normalized spacial score (nSPS) is 18.3. The van der Waals surface area contributed by atoms with Crippen molar-refractivity contribution in [3.63, 3.8) is 0 Å². The smallest absolute Gasteiger partial charge is 0.248 e. The molecule has 0 bridgehead atoms. The molecule has 5 heteroatoms. The van der Waals surface area contributed by atoms with Gasteiger partial charge in [-0.1, -0.05) is 29.8 Å². The zero-order valence-electron chi connectivity index (χ0n) is 9.81. The first-order valence-electron chi connectivity index (χ1n) is 5.37. The SMILES string of the molecule is CC(C)CN1C(=O)C(N)c2cc(Br)ccc21.Cl. The van der Waals surface area contributed by atoms with Crippen molar-refractivity contribution in [2.75, 3.05) is 11.4 Å². The lowest BCUT2D eigenvalue weighted by Gasteiger charge is -2.19. The summed E-state index contributed by atoms with van der Waals surface area (Å²) < 4.78 is 0.959. The van der Waals surface area contributed by atoms with Crippen molar-refractivity contribution < 1.29 is 4.79 Å². The van der Waals surface area contributed by atoms with Gasteiger partial charge in [-0.15, -0.1) is 12.4 Å². The average molecular weight is 320 g/mol. The molecule has 0 aromatic heterocycles. The van der Waals surface area contributed by atoms with Gasteiger partial charge in [-0.05, 0) is 24.1 Å². The predicted octanol–water partition coefficient (Wildman–Crippen LogP) is 2.87. The van der Waals surface area contributed by atoms with Crippen LogP contribution < -0.4 is 10.6 Å². The van der Waals surface area contributed by atoms with Crippen molar-refractivity contribution >= 4 is 39.9 Å². The van der Waals surface area contributed by atoms with Crippen LogP contribution >= 0.6 is 28.3 Å². The maximum absolute atomic E-state index is 12.0. The van der Waals surface area contributed by atoms with E-state index in [0.717, 1.165) is 22.3 Å². The minimum atomic E-state index is -0.508. The van der Waals surface area contributed by atoms with Gasteiger partial charge in [-0.3, -0.25) is 4.79 Å². The lowest BCUT2D eigenvalue weighted by Crippen LogP contribution is -2.34. The van der Waals surface area contributed by atoms with Crippen LogP contribution in [0.4, 0.5) is 5.69 Å². The molecule has 94 valence electrons. The van der Waals surface area contributed by atoms with E-state index in [2.05, 4.69) is 29.8 Å². The predicted molar refractivity (Wildman–Crippen MR) is 75.5 cm³/mol. The molecule has 1 aliphatic heterocycles. The highest BCUT2D eigenvalue weighted by atomic mass is 79.9. The molecule has 1 aromatic rings. The minimum absolute atomic E-state index is 0. The first-order valence-corrected chi connectivity index (χ1v) is 6.16. The van der Waals surface area contributed by atoms with Gasteiger partial charge in [-0.2, -0.15) is 0 Å². The van der Waals surface area contributed by atoms with E-state index in [1.54, 1.807) is 4.90 Å². The zero-order chi connectivity index (χ0) is 11.9. The number of hydrogen-bond acceptors (Lipinski definition) is 2. The number of carbonyl (C=O) groups excluding carboxylic acids is 1. The molecule has 1 aliphatic rings. The topological polar surface area (TPSA) is 46.3 Å². The zero-order valence-corrected chi connectivity index (χ0v) is 12.2. The molecule has 1 aromatic carbocycles. The largest absolute Gasteiger partial charge is 0.316 e. The summed E-state index contributed by atoms with van der Waals surface area (Å²) in [5.41, 5.74) is 7.78. The third-order valence-corrected chi connectivity index (χ3v) is 3.19. The molecule has 1 atom stereocenters. The molecule has 1 unspecified atom stereocenters. The third kappa shape index (κ3) is 2.64. The quantitative estimate of drug-likeness (QED) is 0.911. The van der Waals surface area contributed by atoms with Gasteiger partial charge in [0, 0.05) is 22.3 Å². The molecule has 2 rings (SSSR count). The summed E-state index contributed by atoms with van der Waals surface area (Å²) in [5, 5.41) is 0. The molecule has 3 nitrogen and oxygen atoms in total. The molecule has 0 saturated heterocycles. The van der Waals surface area contributed by atoms with E-state index in [1.165, 1.54) is 0 Å². The highest BCUT2D eigenvalue weighted by molar-refractivity contribution is 9.10. The number of amides is 1. The van der Waals surface area contributed by atoms with Crippen molar-refractivity contribution in [3.8, 4) is 0 Å². The number of fused-ring (bicyclic) bond motifs is 1. The lowest BCUT2D eigenvalue weighted by atomic mass is 10.1. The van der Waals surface area contributed by atoms with Crippen LogP contribution in [0.5, 0.6) is 0 Å². The van der Waals surface area contributed by atoms with Gasteiger partial charge in [0.25, 0.3) is 0 Å². The van der Waals surface area contributed by atoms with E-state index in [-0.39, 0.29) is 18.3 Å². The second-order valence-electron chi connectivity index (χ2n) is 4.52. The van der Waals surface area contributed by atoms with Crippen LogP contribution in [0.1, 0.15) is 25.5 Å². The molecule has 2 N–H and O–H groups in total. The first kappa shape index (κ1) is 14.5. The van der Waals surface area contributed by atoms with E-state index in [4.69, 9.17) is 5.73 Å². The minimum Gasteiger partial charge on any atom is -0.316 e. The van der Waals surface area contributed by atoms with Crippen molar-refractivity contribution in [1.29, 1.82) is 0 Å². The summed E-state index contributed by atoms with van der Waals surface area (Å²) >= 11 is 3.40. The Bertz CT molecular complexity index is 437. The van der Waals surface area contributed by atoms with Crippen molar-refractivity contribution in [2.24, 2.45) is 11.7 Å². The van der Waals surface area contributed by atoms with E-state index < -0.39 is 6.04 Å². The van der Waals surface area contributed by atoms with Crippen LogP contribution in [-0.4, -0.2) is 12.5 Å². The van der Waals surface area contributed by atoms with Crippen molar-refractivity contribution in [2.45, 2.75) is 19.9 Å². The molecule has 0 saturated carbocycles. The van der Waals surface area contributed by atoms with Crippen LogP contribution in [0.15, 0.2) is 22.7 Å². The summed E-state index contributed by atoms with van der Waals surface area (Å²) in [7, 11) is 0. The summed E-state index contributed by atoms with van der Waals surface area (Å²) in [6.45, 7) is 4.91. The number of carbonyl (C=O) groups is 1. The molecule has 1 heterocycles. The number of benzene rings is 1. The van der Waals surface area contributed by atoms with Crippen LogP contribution in [-0.2, 0) is 4.79 Å². The van der Waals surface area contributed by atoms with Crippen LogP contribution in [0.3, 0.4) is 0 Å². The number of nitrogens with zero attached hydrogens (tertiary/aromatic N) is 1. The highest BCUT2D eigenvalue weighted by Crippen LogP contribution is 2.36. The van der Waals surface area contributed by atoms with E-state index in [1.807, 2.05) is 18.2 Å². The fourth-order valence-electron chi connectivity index (χ4n) is 1.99. The Hall–Kier alpha value is -0.580. The van der Waals surface area contributed by atoms with Gasteiger partial charge in [0.1, 0.15) is 6.04 Å². The van der Waals surface area contributed by atoms with Gasteiger partial charge in [0.2, 0.25) is 5.91 Å². The second kappa shape index (κ2) is 5.38. The van der Waals surface area contributed by atoms with Gasteiger partial charge in [0.15, 0.2) is 0 Å². The summed E-state index contributed by atoms with van der Waals surface area (Å²) in [4.78, 5) is 13.8. The Balaban J connectivity index is 0.00000144. The number of halogens is 2.